The normalized spacial score (nSPS) is 23.8. The Hall–Kier alpha value is -1.06. The number of benzene rings is 1. The maximum absolute atomic E-state index is 12.6. The molecule has 2 aliphatic heterocycles. The smallest absolute Gasteiger partial charge is 0.227 e. The third kappa shape index (κ3) is 3.48. The van der Waals surface area contributed by atoms with E-state index in [0.29, 0.717) is 11.8 Å². The summed E-state index contributed by atoms with van der Waals surface area (Å²) in [6.45, 7) is 5.59. The summed E-state index contributed by atoms with van der Waals surface area (Å²) in [6, 6.07) is 7.64. The van der Waals surface area contributed by atoms with Crippen molar-refractivity contribution in [2.75, 3.05) is 32.7 Å². The third-order valence-electron chi connectivity index (χ3n) is 6.17. The van der Waals surface area contributed by atoms with Gasteiger partial charge in [0.2, 0.25) is 5.91 Å². The van der Waals surface area contributed by atoms with Crippen LogP contribution in [0.25, 0.3) is 0 Å². The molecule has 24 heavy (non-hydrogen) atoms. The van der Waals surface area contributed by atoms with E-state index in [1.54, 1.807) is 0 Å². The van der Waals surface area contributed by atoms with Crippen LogP contribution in [0.15, 0.2) is 24.3 Å². The molecule has 3 aliphatic rings. The summed E-state index contributed by atoms with van der Waals surface area (Å²) in [4.78, 5) is 17.3. The molecule has 2 saturated heterocycles. The number of carbonyl (C=O) groups excluding carboxylic acids is 1. The van der Waals surface area contributed by atoms with Gasteiger partial charge in [0.25, 0.3) is 0 Å². The third-order valence-corrected chi connectivity index (χ3v) is 6.42. The molecule has 0 atom stereocenters. The minimum Gasteiger partial charge on any atom is -0.342 e. The van der Waals surface area contributed by atoms with Gasteiger partial charge in [0, 0.05) is 43.2 Å². The van der Waals surface area contributed by atoms with Gasteiger partial charge in [-0.25, -0.2) is 0 Å². The van der Waals surface area contributed by atoms with Gasteiger partial charge < -0.3 is 9.80 Å². The van der Waals surface area contributed by atoms with E-state index in [1.165, 1.54) is 51.7 Å². The highest BCUT2D eigenvalue weighted by atomic mass is 35.5. The van der Waals surface area contributed by atoms with E-state index in [0.717, 1.165) is 29.6 Å². The SMILES string of the molecule is O=C(Cc1ccc(Cl)cc1)N1CCC2(CN(CC3CCCC3)C2)C1. The first-order valence-corrected chi connectivity index (χ1v) is 9.74. The fraction of sp³-hybridized carbons (Fsp3) is 0.650. The van der Waals surface area contributed by atoms with Crippen LogP contribution in [0.4, 0.5) is 0 Å². The molecule has 1 amide bonds. The Morgan fingerprint density at radius 2 is 1.83 bits per heavy atom. The average Bonchev–Trinajstić information content (AvgIpc) is 3.19. The molecule has 2 heterocycles. The number of likely N-dealkylation sites (tertiary alicyclic amines) is 2. The maximum Gasteiger partial charge on any atom is 0.227 e. The van der Waals surface area contributed by atoms with Gasteiger partial charge in [0.1, 0.15) is 0 Å². The molecule has 0 unspecified atom stereocenters. The number of hydrogen-bond acceptors (Lipinski definition) is 2. The largest absolute Gasteiger partial charge is 0.342 e. The van der Waals surface area contributed by atoms with Crippen LogP contribution in [-0.2, 0) is 11.2 Å². The second-order valence-electron chi connectivity index (χ2n) is 8.19. The lowest BCUT2D eigenvalue weighted by atomic mass is 9.78. The number of hydrogen-bond donors (Lipinski definition) is 0. The molecule has 0 bridgehead atoms. The Bertz CT molecular complexity index is 588. The molecule has 130 valence electrons. The van der Waals surface area contributed by atoms with E-state index in [2.05, 4.69) is 9.80 Å². The van der Waals surface area contributed by atoms with Gasteiger partial charge in [-0.3, -0.25) is 4.79 Å². The van der Waals surface area contributed by atoms with Crippen LogP contribution in [0.3, 0.4) is 0 Å². The van der Waals surface area contributed by atoms with Crippen molar-refractivity contribution < 1.29 is 4.79 Å². The summed E-state index contributed by atoms with van der Waals surface area (Å²) >= 11 is 5.91. The first-order valence-electron chi connectivity index (χ1n) is 9.37. The molecule has 1 aliphatic carbocycles. The van der Waals surface area contributed by atoms with Crippen LogP contribution < -0.4 is 0 Å². The maximum atomic E-state index is 12.6. The van der Waals surface area contributed by atoms with Crippen molar-refractivity contribution >= 4 is 17.5 Å². The molecule has 1 saturated carbocycles. The molecular weight excluding hydrogens is 320 g/mol. The minimum atomic E-state index is 0.267. The lowest BCUT2D eigenvalue weighted by molar-refractivity contribution is -0.130. The van der Waals surface area contributed by atoms with Crippen LogP contribution >= 0.6 is 11.6 Å². The highest BCUT2D eigenvalue weighted by molar-refractivity contribution is 6.30. The summed E-state index contributed by atoms with van der Waals surface area (Å²) in [5.41, 5.74) is 1.45. The molecule has 0 radical (unpaired) electrons. The Labute approximate surface area is 150 Å². The zero-order valence-corrected chi connectivity index (χ0v) is 15.1. The second kappa shape index (κ2) is 6.68. The van der Waals surface area contributed by atoms with E-state index in [-0.39, 0.29) is 5.91 Å². The highest BCUT2D eigenvalue weighted by Gasteiger charge is 2.48. The fourth-order valence-corrected chi connectivity index (χ4v) is 5.01. The van der Waals surface area contributed by atoms with Crippen LogP contribution in [0.2, 0.25) is 5.02 Å². The molecular formula is C20H27ClN2O. The lowest BCUT2D eigenvalue weighted by Crippen LogP contribution is -2.58. The summed E-state index contributed by atoms with van der Waals surface area (Å²) in [5.74, 6) is 1.20. The second-order valence-corrected chi connectivity index (χ2v) is 8.63. The molecule has 1 aromatic carbocycles. The summed E-state index contributed by atoms with van der Waals surface area (Å²) < 4.78 is 0. The predicted molar refractivity (Wildman–Crippen MR) is 97.2 cm³/mol. The topological polar surface area (TPSA) is 23.6 Å². The number of rotatable bonds is 4. The van der Waals surface area contributed by atoms with Gasteiger partial charge in [0.05, 0.1) is 6.42 Å². The van der Waals surface area contributed by atoms with Crippen molar-refractivity contribution in [2.24, 2.45) is 11.3 Å². The summed E-state index contributed by atoms with van der Waals surface area (Å²) in [5, 5.41) is 0.725. The standard InChI is InChI=1S/C20H27ClN2O/c21-18-7-5-16(6-8-18)11-19(24)23-10-9-20(15-23)13-22(14-20)12-17-3-1-2-4-17/h5-8,17H,1-4,9-15H2. The number of carbonyl (C=O) groups is 1. The Balaban J connectivity index is 1.26. The van der Waals surface area contributed by atoms with Gasteiger partial charge >= 0.3 is 0 Å². The van der Waals surface area contributed by atoms with Crippen molar-refractivity contribution in [1.82, 2.24) is 9.80 Å². The van der Waals surface area contributed by atoms with Crippen LogP contribution in [-0.4, -0.2) is 48.4 Å². The zero-order valence-electron chi connectivity index (χ0n) is 14.3. The zero-order chi connectivity index (χ0) is 16.6. The molecule has 0 aromatic heterocycles. The number of amides is 1. The molecule has 3 fully saturated rings. The first-order chi connectivity index (χ1) is 11.6. The summed E-state index contributed by atoms with van der Waals surface area (Å²) in [6.07, 6.45) is 7.39. The lowest BCUT2D eigenvalue weighted by Gasteiger charge is -2.49. The van der Waals surface area contributed by atoms with E-state index in [9.17, 15) is 4.79 Å². The Morgan fingerprint density at radius 1 is 1.12 bits per heavy atom. The minimum absolute atomic E-state index is 0.267. The quantitative estimate of drug-likeness (QED) is 0.831. The van der Waals surface area contributed by atoms with Crippen molar-refractivity contribution in [3.63, 3.8) is 0 Å². The highest BCUT2D eigenvalue weighted by Crippen LogP contribution is 2.41. The van der Waals surface area contributed by atoms with Crippen molar-refractivity contribution in [1.29, 1.82) is 0 Å². The van der Waals surface area contributed by atoms with Crippen LogP contribution in [0, 0.1) is 11.3 Å². The molecule has 4 rings (SSSR count). The van der Waals surface area contributed by atoms with E-state index < -0.39 is 0 Å². The fourth-order valence-electron chi connectivity index (χ4n) is 4.88. The first kappa shape index (κ1) is 16.4. The van der Waals surface area contributed by atoms with E-state index in [1.807, 2.05) is 24.3 Å². The molecule has 1 spiro atoms. The van der Waals surface area contributed by atoms with Crippen molar-refractivity contribution in [3.05, 3.63) is 34.9 Å². The average molecular weight is 347 g/mol. The summed E-state index contributed by atoms with van der Waals surface area (Å²) in [7, 11) is 0. The Kier molecular flexibility index (Phi) is 4.57. The van der Waals surface area contributed by atoms with Gasteiger partial charge in [-0.1, -0.05) is 36.6 Å². The molecule has 0 N–H and O–H groups in total. The van der Waals surface area contributed by atoms with Crippen molar-refractivity contribution in [2.45, 2.75) is 38.5 Å². The van der Waals surface area contributed by atoms with Crippen LogP contribution in [0.1, 0.15) is 37.7 Å². The van der Waals surface area contributed by atoms with E-state index >= 15 is 0 Å². The van der Waals surface area contributed by atoms with Crippen LogP contribution in [0.5, 0.6) is 0 Å². The van der Waals surface area contributed by atoms with Gasteiger partial charge in [0.15, 0.2) is 0 Å². The van der Waals surface area contributed by atoms with Crippen molar-refractivity contribution in [3.8, 4) is 0 Å². The Morgan fingerprint density at radius 3 is 2.54 bits per heavy atom. The number of halogens is 1. The predicted octanol–water partition coefficient (Wildman–Crippen LogP) is 3.61. The van der Waals surface area contributed by atoms with Gasteiger partial charge in [-0.15, -0.1) is 0 Å². The monoisotopic (exact) mass is 346 g/mol. The number of nitrogens with zero attached hydrogens (tertiary/aromatic N) is 2. The van der Waals surface area contributed by atoms with Gasteiger partial charge in [-0.05, 0) is 42.9 Å². The molecule has 1 aromatic rings. The van der Waals surface area contributed by atoms with Gasteiger partial charge in [-0.2, -0.15) is 0 Å². The molecule has 4 heteroatoms. The van der Waals surface area contributed by atoms with E-state index in [4.69, 9.17) is 11.6 Å². The molecule has 3 nitrogen and oxygen atoms in total.